The Bertz CT molecular complexity index is 572. The molecule has 0 saturated carbocycles. The molecule has 0 radical (unpaired) electrons. The Morgan fingerprint density at radius 3 is 2.45 bits per heavy atom. The largest absolute Gasteiger partial charge is 0.380 e. The van der Waals surface area contributed by atoms with E-state index in [0.717, 1.165) is 5.69 Å². The fourth-order valence-corrected chi connectivity index (χ4v) is 2.02. The van der Waals surface area contributed by atoms with Gasteiger partial charge in [-0.1, -0.05) is 32.0 Å². The molecule has 116 valence electrons. The second-order valence-corrected chi connectivity index (χ2v) is 5.44. The van der Waals surface area contributed by atoms with Gasteiger partial charge in [-0.15, -0.1) is 0 Å². The first kappa shape index (κ1) is 15.8. The highest BCUT2D eigenvalue weighted by Gasteiger charge is 2.14. The summed E-state index contributed by atoms with van der Waals surface area (Å²) < 4.78 is 0. The summed E-state index contributed by atoms with van der Waals surface area (Å²) in [7, 11) is 0. The standard InChI is InChI=1S/C17H22N4O/c1-13(2)16(20-14-7-4-3-5-8-14)12-19-17(22)21-15-9-6-10-18-11-15/h3-11,13,16,20H,12H2,1-2H3,(H2,19,21,22). The molecule has 1 heterocycles. The van der Waals surface area contributed by atoms with Crippen LogP contribution in [-0.2, 0) is 0 Å². The lowest BCUT2D eigenvalue weighted by molar-refractivity contribution is 0.251. The van der Waals surface area contributed by atoms with Gasteiger partial charge >= 0.3 is 6.03 Å². The normalized spacial score (nSPS) is 11.8. The molecule has 0 saturated heterocycles. The maximum atomic E-state index is 11.9. The summed E-state index contributed by atoms with van der Waals surface area (Å²) in [6, 6.07) is 13.5. The number of hydrogen-bond acceptors (Lipinski definition) is 3. The molecule has 0 fully saturated rings. The Morgan fingerprint density at radius 2 is 1.82 bits per heavy atom. The van der Waals surface area contributed by atoms with E-state index in [1.54, 1.807) is 24.5 Å². The summed E-state index contributed by atoms with van der Waals surface area (Å²) in [5.41, 5.74) is 1.73. The Balaban J connectivity index is 1.85. The maximum Gasteiger partial charge on any atom is 0.319 e. The molecule has 0 aliphatic carbocycles. The number of amides is 2. The van der Waals surface area contributed by atoms with Crippen LogP contribution in [0.1, 0.15) is 13.8 Å². The first-order chi connectivity index (χ1) is 10.6. The summed E-state index contributed by atoms with van der Waals surface area (Å²) in [5, 5.41) is 9.10. The van der Waals surface area contributed by atoms with Crippen LogP contribution in [-0.4, -0.2) is 23.6 Å². The van der Waals surface area contributed by atoms with Crippen LogP contribution in [0.3, 0.4) is 0 Å². The van der Waals surface area contributed by atoms with Crippen LogP contribution in [0.4, 0.5) is 16.2 Å². The van der Waals surface area contributed by atoms with Crippen molar-refractivity contribution < 1.29 is 4.79 Å². The number of benzene rings is 1. The number of hydrogen-bond donors (Lipinski definition) is 3. The van der Waals surface area contributed by atoms with Crippen molar-refractivity contribution in [1.29, 1.82) is 0 Å². The molecule has 5 heteroatoms. The van der Waals surface area contributed by atoms with Crippen LogP contribution in [0.25, 0.3) is 0 Å². The van der Waals surface area contributed by atoms with Gasteiger partial charge in [0.2, 0.25) is 0 Å². The molecule has 1 atom stereocenters. The van der Waals surface area contributed by atoms with Gasteiger partial charge in [-0.05, 0) is 30.2 Å². The van der Waals surface area contributed by atoms with E-state index in [1.807, 2.05) is 30.3 Å². The lowest BCUT2D eigenvalue weighted by Gasteiger charge is -2.24. The van der Waals surface area contributed by atoms with Gasteiger partial charge in [0.1, 0.15) is 0 Å². The number of carbonyl (C=O) groups excluding carboxylic acids is 1. The van der Waals surface area contributed by atoms with Crippen molar-refractivity contribution >= 4 is 17.4 Å². The van der Waals surface area contributed by atoms with Gasteiger partial charge in [0.25, 0.3) is 0 Å². The third-order valence-electron chi connectivity index (χ3n) is 3.33. The minimum Gasteiger partial charge on any atom is -0.380 e. The Hall–Kier alpha value is -2.56. The summed E-state index contributed by atoms with van der Waals surface area (Å²) in [6.45, 7) is 4.79. The number of nitrogens with zero attached hydrogens (tertiary/aromatic N) is 1. The van der Waals surface area contributed by atoms with Crippen molar-refractivity contribution in [3.8, 4) is 0 Å². The topological polar surface area (TPSA) is 66.0 Å². The predicted molar refractivity (Wildman–Crippen MR) is 89.9 cm³/mol. The van der Waals surface area contributed by atoms with Crippen molar-refractivity contribution in [2.45, 2.75) is 19.9 Å². The average Bonchev–Trinajstić information content (AvgIpc) is 2.53. The minimum atomic E-state index is -0.228. The van der Waals surface area contributed by atoms with Crippen molar-refractivity contribution in [2.75, 3.05) is 17.2 Å². The average molecular weight is 298 g/mol. The molecule has 5 nitrogen and oxygen atoms in total. The lowest BCUT2D eigenvalue weighted by atomic mass is 10.0. The molecule has 0 bridgehead atoms. The van der Waals surface area contributed by atoms with Crippen LogP contribution in [0, 0.1) is 5.92 Å². The molecular weight excluding hydrogens is 276 g/mol. The molecule has 0 aliphatic rings. The van der Waals surface area contributed by atoms with Gasteiger partial charge < -0.3 is 16.0 Å². The van der Waals surface area contributed by atoms with Gasteiger partial charge in [-0.3, -0.25) is 4.98 Å². The number of rotatable bonds is 6. The predicted octanol–water partition coefficient (Wildman–Crippen LogP) is 3.34. The van der Waals surface area contributed by atoms with Gasteiger partial charge in [-0.2, -0.15) is 0 Å². The second-order valence-electron chi connectivity index (χ2n) is 5.44. The van der Waals surface area contributed by atoms with Gasteiger partial charge in [0, 0.05) is 24.5 Å². The van der Waals surface area contributed by atoms with Crippen molar-refractivity contribution in [2.24, 2.45) is 5.92 Å². The van der Waals surface area contributed by atoms with Crippen molar-refractivity contribution in [3.63, 3.8) is 0 Å². The molecule has 0 aliphatic heterocycles. The van der Waals surface area contributed by atoms with E-state index in [1.165, 1.54) is 0 Å². The highest BCUT2D eigenvalue weighted by atomic mass is 16.2. The highest BCUT2D eigenvalue weighted by Crippen LogP contribution is 2.12. The molecule has 1 aromatic heterocycles. The van der Waals surface area contributed by atoms with Crippen LogP contribution in [0.15, 0.2) is 54.9 Å². The summed E-state index contributed by atoms with van der Waals surface area (Å²) in [5.74, 6) is 0.388. The van der Waals surface area contributed by atoms with E-state index in [4.69, 9.17) is 0 Å². The fraction of sp³-hybridized carbons (Fsp3) is 0.294. The summed E-state index contributed by atoms with van der Waals surface area (Å²) in [6.07, 6.45) is 3.28. The molecule has 2 aromatic rings. The fourth-order valence-electron chi connectivity index (χ4n) is 2.02. The SMILES string of the molecule is CC(C)C(CNC(=O)Nc1cccnc1)Nc1ccccc1. The molecule has 3 N–H and O–H groups in total. The van der Waals surface area contributed by atoms with Crippen LogP contribution in [0.2, 0.25) is 0 Å². The summed E-state index contributed by atoms with van der Waals surface area (Å²) in [4.78, 5) is 15.9. The second kappa shape index (κ2) is 8.02. The van der Waals surface area contributed by atoms with Gasteiger partial charge in [0.15, 0.2) is 0 Å². The third kappa shape index (κ3) is 5.09. The van der Waals surface area contributed by atoms with Crippen molar-refractivity contribution in [3.05, 3.63) is 54.9 Å². The van der Waals surface area contributed by atoms with Crippen LogP contribution >= 0.6 is 0 Å². The minimum absolute atomic E-state index is 0.155. The lowest BCUT2D eigenvalue weighted by Crippen LogP contribution is -2.41. The van der Waals surface area contributed by atoms with E-state index in [2.05, 4.69) is 34.8 Å². The first-order valence-corrected chi connectivity index (χ1v) is 7.41. The number of pyridine rings is 1. The molecule has 1 aromatic carbocycles. The van der Waals surface area contributed by atoms with E-state index in [0.29, 0.717) is 18.2 Å². The van der Waals surface area contributed by atoms with Gasteiger partial charge in [-0.25, -0.2) is 4.79 Å². The maximum absolute atomic E-state index is 11.9. The molecular formula is C17H22N4O. The van der Waals surface area contributed by atoms with E-state index >= 15 is 0 Å². The highest BCUT2D eigenvalue weighted by molar-refractivity contribution is 5.88. The number of aromatic nitrogens is 1. The third-order valence-corrected chi connectivity index (χ3v) is 3.33. The van der Waals surface area contributed by atoms with E-state index < -0.39 is 0 Å². The zero-order chi connectivity index (χ0) is 15.8. The van der Waals surface area contributed by atoms with Crippen LogP contribution < -0.4 is 16.0 Å². The number of carbonyl (C=O) groups is 1. The Morgan fingerprint density at radius 1 is 1.09 bits per heavy atom. The Kier molecular flexibility index (Phi) is 5.77. The van der Waals surface area contributed by atoms with Crippen LogP contribution in [0.5, 0.6) is 0 Å². The quantitative estimate of drug-likeness (QED) is 0.766. The molecule has 2 rings (SSSR count). The molecule has 1 unspecified atom stereocenters. The molecule has 0 spiro atoms. The zero-order valence-corrected chi connectivity index (χ0v) is 12.9. The summed E-state index contributed by atoms with van der Waals surface area (Å²) >= 11 is 0. The molecule has 22 heavy (non-hydrogen) atoms. The molecule has 2 amide bonds. The zero-order valence-electron chi connectivity index (χ0n) is 12.9. The Labute approximate surface area is 131 Å². The van der Waals surface area contributed by atoms with Crippen molar-refractivity contribution in [1.82, 2.24) is 10.3 Å². The number of nitrogens with one attached hydrogen (secondary N) is 3. The number of urea groups is 1. The smallest absolute Gasteiger partial charge is 0.319 e. The van der Waals surface area contributed by atoms with Gasteiger partial charge in [0.05, 0.1) is 11.9 Å². The van der Waals surface area contributed by atoms with E-state index in [9.17, 15) is 4.79 Å². The number of para-hydroxylation sites is 1. The number of anilines is 2. The van der Waals surface area contributed by atoms with E-state index in [-0.39, 0.29) is 12.1 Å². The monoisotopic (exact) mass is 298 g/mol. The first-order valence-electron chi connectivity index (χ1n) is 7.41.